The van der Waals surface area contributed by atoms with Gasteiger partial charge in [0.2, 0.25) is 0 Å². The lowest BCUT2D eigenvalue weighted by atomic mass is 10.1. The van der Waals surface area contributed by atoms with Crippen LogP contribution in [0.2, 0.25) is 15.1 Å². The number of nitrogens with zero attached hydrogens (tertiary/aromatic N) is 2. The van der Waals surface area contributed by atoms with Gasteiger partial charge in [-0.3, -0.25) is 9.69 Å². The summed E-state index contributed by atoms with van der Waals surface area (Å²) < 4.78 is 11.7. The molecule has 2 saturated heterocycles. The van der Waals surface area contributed by atoms with Crippen molar-refractivity contribution in [3.8, 4) is 5.75 Å². The van der Waals surface area contributed by atoms with E-state index in [0.717, 1.165) is 22.6 Å². The zero-order valence-electron chi connectivity index (χ0n) is 18.6. The summed E-state index contributed by atoms with van der Waals surface area (Å²) in [7, 11) is 0. The molecule has 0 unspecified atom stereocenters. The van der Waals surface area contributed by atoms with Gasteiger partial charge in [0.05, 0.1) is 22.9 Å². The van der Waals surface area contributed by atoms with Crippen LogP contribution in [0.4, 0.5) is 10.5 Å². The van der Waals surface area contributed by atoms with Gasteiger partial charge in [0.25, 0.3) is 5.91 Å². The molecule has 1 aliphatic carbocycles. The zero-order chi connectivity index (χ0) is 24.4. The summed E-state index contributed by atoms with van der Waals surface area (Å²) in [4.78, 5) is 28.3. The van der Waals surface area contributed by atoms with Gasteiger partial charge in [-0.15, -0.1) is 0 Å². The number of imide groups is 1. The van der Waals surface area contributed by atoms with E-state index in [1.807, 2.05) is 6.07 Å². The van der Waals surface area contributed by atoms with E-state index in [0.29, 0.717) is 45.9 Å². The molecule has 10 heteroatoms. The molecule has 1 N–H and O–H groups in total. The topological polar surface area (TPSA) is 79.3 Å². The van der Waals surface area contributed by atoms with Gasteiger partial charge in [0.15, 0.2) is 5.60 Å². The lowest BCUT2D eigenvalue weighted by Crippen LogP contribution is -2.39. The third-order valence-electron chi connectivity index (χ3n) is 6.60. The van der Waals surface area contributed by atoms with E-state index < -0.39 is 29.8 Å². The van der Waals surface area contributed by atoms with Crippen molar-refractivity contribution in [2.75, 3.05) is 18.0 Å². The van der Waals surface area contributed by atoms with E-state index in [1.165, 1.54) is 0 Å². The summed E-state index contributed by atoms with van der Waals surface area (Å²) in [6, 6.07) is 8.15. The number of β-amino-alcohol motifs (C(OH)–C–C–N with tert-alkyl or cyclic N) is 1. The molecule has 2 aromatic carbocycles. The fourth-order valence-electron chi connectivity index (χ4n) is 4.89. The zero-order valence-corrected chi connectivity index (χ0v) is 20.8. The molecule has 2 aromatic rings. The van der Waals surface area contributed by atoms with E-state index in [-0.39, 0.29) is 6.04 Å². The minimum absolute atomic E-state index is 0.0971. The fourth-order valence-corrected chi connectivity index (χ4v) is 5.64. The number of anilines is 1. The molecule has 7 nitrogen and oxygen atoms in total. The number of hydrogen-bond donors (Lipinski definition) is 1. The molecule has 3 aliphatic rings. The molecule has 0 bridgehead atoms. The number of rotatable bonds is 4. The molecule has 3 atom stereocenters. The SMILES string of the molecule is CC1(C)OC(=O)N(c2ccc(Cl)c(O[C@H]3c4cc(Cl)cc(Cl)c4C[C@@H]3N3CC[C@@H](O)C3)c2)C1=O. The van der Waals surface area contributed by atoms with Crippen molar-refractivity contribution in [1.82, 2.24) is 4.90 Å². The second-order valence-corrected chi connectivity index (χ2v) is 10.6. The van der Waals surface area contributed by atoms with Crippen molar-refractivity contribution >= 4 is 52.5 Å². The Morgan fingerprint density at radius 1 is 1.12 bits per heavy atom. The van der Waals surface area contributed by atoms with Crippen LogP contribution in [0.1, 0.15) is 37.5 Å². The first kappa shape index (κ1) is 23.7. The van der Waals surface area contributed by atoms with Crippen molar-refractivity contribution in [1.29, 1.82) is 0 Å². The second kappa shape index (κ2) is 8.57. The molecule has 34 heavy (non-hydrogen) atoms. The first-order chi connectivity index (χ1) is 16.0. The van der Waals surface area contributed by atoms with E-state index in [9.17, 15) is 14.7 Å². The van der Waals surface area contributed by atoms with Crippen molar-refractivity contribution in [2.24, 2.45) is 0 Å². The molecule has 2 aliphatic heterocycles. The average molecular weight is 526 g/mol. The average Bonchev–Trinajstić information content (AvgIpc) is 3.39. The van der Waals surface area contributed by atoms with Gasteiger partial charge in [0.1, 0.15) is 11.9 Å². The quantitative estimate of drug-likeness (QED) is 0.604. The van der Waals surface area contributed by atoms with Gasteiger partial charge >= 0.3 is 6.09 Å². The van der Waals surface area contributed by atoms with Gasteiger partial charge in [-0.2, -0.15) is 0 Å². The van der Waals surface area contributed by atoms with Crippen LogP contribution < -0.4 is 9.64 Å². The maximum atomic E-state index is 12.7. The number of amides is 2. The third-order valence-corrected chi connectivity index (χ3v) is 7.47. The molecule has 2 amide bonds. The van der Waals surface area contributed by atoms with E-state index >= 15 is 0 Å². The standard InChI is InChI=1S/C24H23Cl3N2O5/c1-24(2)22(31)29(23(32)34-24)13-3-4-17(26)20(9-13)33-21-16-7-12(25)8-18(27)15(16)10-19(21)28-6-5-14(30)11-28/h3-4,7-9,14,19,21,30H,5-6,10-11H2,1-2H3/t14-,19+,21+/m1/s1. The Morgan fingerprint density at radius 3 is 2.53 bits per heavy atom. The largest absolute Gasteiger partial charge is 0.482 e. The second-order valence-electron chi connectivity index (χ2n) is 9.34. The molecule has 0 spiro atoms. The van der Waals surface area contributed by atoms with Crippen LogP contribution in [0.15, 0.2) is 30.3 Å². The lowest BCUT2D eigenvalue weighted by molar-refractivity contribution is -0.127. The third kappa shape index (κ3) is 4.03. The minimum atomic E-state index is -1.25. The molecule has 180 valence electrons. The number of benzene rings is 2. The Balaban J connectivity index is 1.52. The molecular weight excluding hydrogens is 503 g/mol. The van der Waals surface area contributed by atoms with Crippen LogP contribution in [0.5, 0.6) is 5.75 Å². The van der Waals surface area contributed by atoms with Crippen LogP contribution in [0, 0.1) is 0 Å². The predicted molar refractivity (Wildman–Crippen MR) is 129 cm³/mol. The Morgan fingerprint density at radius 2 is 1.88 bits per heavy atom. The summed E-state index contributed by atoms with van der Waals surface area (Å²) in [6.45, 7) is 4.33. The van der Waals surface area contributed by atoms with Crippen molar-refractivity contribution in [3.05, 3.63) is 56.5 Å². The van der Waals surface area contributed by atoms with E-state index in [2.05, 4.69) is 4.90 Å². The number of ether oxygens (including phenoxy) is 2. The maximum absolute atomic E-state index is 12.7. The Bertz CT molecular complexity index is 1190. The van der Waals surface area contributed by atoms with Crippen LogP contribution in [-0.2, 0) is 16.0 Å². The Kier molecular flexibility index (Phi) is 5.97. The Labute approximate surface area is 212 Å². The summed E-state index contributed by atoms with van der Waals surface area (Å²) in [5, 5.41) is 11.5. The van der Waals surface area contributed by atoms with Crippen molar-refractivity contribution in [2.45, 2.75) is 50.5 Å². The van der Waals surface area contributed by atoms with Gasteiger partial charge in [-0.05, 0) is 56.5 Å². The summed E-state index contributed by atoms with van der Waals surface area (Å²) in [5.74, 6) is -0.164. The van der Waals surface area contributed by atoms with Crippen LogP contribution in [0.25, 0.3) is 0 Å². The first-order valence-electron chi connectivity index (χ1n) is 11.0. The number of carbonyl (C=O) groups is 2. The number of carbonyl (C=O) groups excluding carboxylic acids is 2. The monoisotopic (exact) mass is 524 g/mol. The van der Waals surface area contributed by atoms with Crippen LogP contribution in [0.3, 0.4) is 0 Å². The van der Waals surface area contributed by atoms with Gasteiger partial charge in [0, 0.05) is 34.8 Å². The first-order valence-corrected chi connectivity index (χ1v) is 12.1. The molecular formula is C24H23Cl3N2O5. The highest BCUT2D eigenvalue weighted by Gasteiger charge is 2.48. The highest BCUT2D eigenvalue weighted by molar-refractivity contribution is 6.35. The van der Waals surface area contributed by atoms with Gasteiger partial charge in [-0.25, -0.2) is 9.69 Å². The normalized spacial score (nSPS) is 26.2. The summed E-state index contributed by atoms with van der Waals surface area (Å²) in [6.07, 6.45) is -0.311. The summed E-state index contributed by atoms with van der Waals surface area (Å²) in [5.41, 5.74) is 0.838. The van der Waals surface area contributed by atoms with Crippen LogP contribution in [-0.4, -0.2) is 52.8 Å². The lowest BCUT2D eigenvalue weighted by Gasteiger charge is -2.30. The number of cyclic esters (lactones) is 1. The predicted octanol–water partition coefficient (Wildman–Crippen LogP) is 5.02. The van der Waals surface area contributed by atoms with Gasteiger partial charge < -0.3 is 14.6 Å². The van der Waals surface area contributed by atoms with E-state index in [1.54, 1.807) is 38.1 Å². The Hall–Kier alpha value is -2.03. The smallest absolute Gasteiger partial charge is 0.422 e. The van der Waals surface area contributed by atoms with Gasteiger partial charge in [-0.1, -0.05) is 34.8 Å². The highest BCUT2D eigenvalue weighted by atomic mass is 35.5. The number of aliphatic hydroxyl groups excluding tert-OH is 1. The highest BCUT2D eigenvalue weighted by Crippen LogP contribution is 2.45. The minimum Gasteiger partial charge on any atom is -0.482 e. The maximum Gasteiger partial charge on any atom is 0.422 e. The van der Waals surface area contributed by atoms with Crippen molar-refractivity contribution in [3.63, 3.8) is 0 Å². The number of aliphatic hydroxyl groups is 1. The molecule has 2 fully saturated rings. The number of likely N-dealkylation sites (tertiary alicyclic amines) is 1. The number of fused-ring (bicyclic) bond motifs is 1. The molecule has 0 radical (unpaired) electrons. The molecule has 0 aromatic heterocycles. The number of halogens is 3. The van der Waals surface area contributed by atoms with Crippen molar-refractivity contribution < 1.29 is 24.2 Å². The molecule has 5 rings (SSSR count). The fraction of sp³-hybridized carbons (Fsp3) is 0.417. The molecule has 2 heterocycles. The van der Waals surface area contributed by atoms with E-state index in [4.69, 9.17) is 44.3 Å². The van der Waals surface area contributed by atoms with Crippen LogP contribution >= 0.6 is 34.8 Å². The number of hydrogen-bond acceptors (Lipinski definition) is 6. The summed E-state index contributed by atoms with van der Waals surface area (Å²) >= 11 is 19.3. The molecule has 0 saturated carbocycles.